The number of nitrogens with one attached hydrogen (secondary N) is 3. The van der Waals surface area contributed by atoms with Crippen molar-refractivity contribution in [1.29, 1.82) is 0 Å². The minimum absolute atomic E-state index is 0.00142. The summed E-state index contributed by atoms with van der Waals surface area (Å²) in [5, 5.41) is 10.7. The maximum Gasteiger partial charge on any atom is 0.429 e. The Morgan fingerprint density at radius 1 is 0.936 bits per heavy atom. The number of aryl methyl sites for hydroxylation is 1. The molecule has 1 aliphatic heterocycles. The number of hydrazine groups is 1. The largest absolute Gasteiger partial charge is 0.462 e. The fourth-order valence-corrected chi connectivity index (χ4v) is 5.46. The average molecular weight is 642 g/mol. The molecule has 0 bridgehead atoms. The van der Waals surface area contributed by atoms with Crippen LogP contribution in [-0.2, 0) is 22.2 Å². The molecule has 2 aromatic carbocycles. The van der Waals surface area contributed by atoms with Crippen molar-refractivity contribution in [2.24, 2.45) is 7.05 Å². The topological polar surface area (TPSA) is 151 Å². The molecule has 3 N–H and O–H groups in total. The molecular weight excluding hydrogens is 602 g/mol. The number of aromatic nitrogens is 2. The maximum atomic E-state index is 14.6. The Balaban J connectivity index is 1.47. The first-order valence-corrected chi connectivity index (χ1v) is 15.7. The number of fused-ring (bicyclic) bond motifs is 1. The van der Waals surface area contributed by atoms with Crippen molar-refractivity contribution in [3.8, 4) is 0 Å². The Labute approximate surface area is 272 Å². The van der Waals surface area contributed by atoms with Crippen molar-refractivity contribution in [2.75, 3.05) is 28.4 Å². The number of hydrogen-bond acceptors (Lipinski definition) is 8. The number of para-hydroxylation sites is 2. The van der Waals surface area contributed by atoms with E-state index in [0.717, 1.165) is 30.7 Å². The molecule has 1 unspecified atom stereocenters. The van der Waals surface area contributed by atoms with Crippen LogP contribution in [0.3, 0.4) is 0 Å². The van der Waals surface area contributed by atoms with Crippen LogP contribution in [0.1, 0.15) is 72.6 Å². The SMILES string of the molecule is CCCCCCCOC(=O)N1NC(NC(=O)c2ccccc2NC(=O)c2ccnn2C)(C(=O)N(CC)c2ccccc2)c2occc21. The molecule has 4 amide bonds. The molecule has 1 atom stereocenters. The summed E-state index contributed by atoms with van der Waals surface area (Å²) in [6, 6.07) is 18.4. The Morgan fingerprint density at radius 3 is 2.40 bits per heavy atom. The molecule has 0 saturated heterocycles. The predicted molar refractivity (Wildman–Crippen MR) is 176 cm³/mol. The molecule has 0 fully saturated rings. The monoisotopic (exact) mass is 641 g/mol. The van der Waals surface area contributed by atoms with Gasteiger partial charge in [0, 0.05) is 31.5 Å². The van der Waals surface area contributed by atoms with Crippen LogP contribution in [0.5, 0.6) is 0 Å². The third-order valence-corrected chi connectivity index (χ3v) is 7.89. The van der Waals surface area contributed by atoms with Crippen molar-refractivity contribution in [1.82, 2.24) is 20.5 Å². The predicted octanol–water partition coefficient (Wildman–Crippen LogP) is 5.33. The van der Waals surface area contributed by atoms with Crippen molar-refractivity contribution < 1.29 is 28.3 Å². The van der Waals surface area contributed by atoms with Crippen molar-refractivity contribution >= 4 is 40.9 Å². The van der Waals surface area contributed by atoms with Gasteiger partial charge in [0.15, 0.2) is 5.76 Å². The standard InChI is InChI=1S/C34H39N7O6/c1-4-6-7-8-14-22-47-33(45)41-27-20-23-46-29(27)34(38-41,32(44)40(5-2)24-15-10-9-11-16-24)37-30(42)25-17-12-13-18-26(25)36-31(43)28-19-21-35-39(28)3/h9-13,15-21,23,38H,4-8,14,22H2,1-3H3,(H,36,43)(H,37,42). The number of hydrogen-bond donors (Lipinski definition) is 3. The number of unbranched alkanes of at least 4 members (excludes halogenated alkanes) is 4. The summed E-state index contributed by atoms with van der Waals surface area (Å²) in [5.74, 6) is -1.80. The Hall–Kier alpha value is -5.43. The van der Waals surface area contributed by atoms with Gasteiger partial charge in [-0.25, -0.2) is 9.80 Å². The summed E-state index contributed by atoms with van der Waals surface area (Å²) < 4.78 is 12.8. The van der Waals surface area contributed by atoms with Crippen LogP contribution in [0.25, 0.3) is 0 Å². The van der Waals surface area contributed by atoms with E-state index in [1.807, 2.05) is 6.07 Å². The lowest BCUT2D eigenvalue weighted by molar-refractivity contribution is -0.126. The summed E-state index contributed by atoms with van der Waals surface area (Å²) >= 11 is 0. The molecule has 13 heteroatoms. The number of ether oxygens (including phenoxy) is 1. The lowest BCUT2D eigenvalue weighted by Crippen LogP contribution is -2.66. The van der Waals surface area contributed by atoms with Gasteiger partial charge in [-0.3, -0.25) is 19.1 Å². The minimum atomic E-state index is -2.07. The fourth-order valence-electron chi connectivity index (χ4n) is 5.46. The minimum Gasteiger partial charge on any atom is -0.462 e. The van der Waals surface area contributed by atoms with Gasteiger partial charge in [-0.1, -0.05) is 62.9 Å². The van der Waals surface area contributed by atoms with E-state index in [-0.39, 0.29) is 41.5 Å². The van der Waals surface area contributed by atoms with Gasteiger partial charge >= 0.3 is 6.09 Å². The van der Waals surface area contributed by atoms with Crippen LogP contribution in [0.2, 0.25) is 0 Å². The van der Waals surface area contributed by atoms with E-state index in [4.69, 9.17) is 9.15 Å². The smallest absolute Gasteiger partial charge is 0.429 e. The van der Waals surface area contributed by atoms with Crippen molar-refractivity contribution in [3.05, 3.63) is 96.2 Å². The number of carbonyl (C=O) groups is 4. The van der Waals surface area contributed by atoms with E-state index >= 15 is 0 Å². The zero-order valence-corrected chi connectivity index (χ0v) is 26.7. The van der Waals surface area contributed by atoms with Crippen LogP contribution in [0.15, 0.2) is 83.6 Å². The highest BCUT2D eigenvalue weighted by Crippen LogP contribution is 2.39. The number of rotatable bonds is 13. The first-order valence-electron chi connectivity index (χ1n) is 15.7. The number of benzene rings is 2. The lowest BCUT2D eigenvalue weighted by Gasteiger charge is -2.34. The van der Waals surface area contributed by atoms with Gasteiger partial charge in [-0.15, -0.1) is 0 Å². The summed E-state index contributed by atoms with van der Waals surface area (Å²) in [6.45, 7) is 4.35. The summed E-state index contributed by atoms with van der Waals surface area (Å²) in [5.41, 5.74) is 2.20. The molecule has 0 radical (unpaired) electrons. The van der Waals surface area contributed by atoms with Gasteiger partial charge in [-0.2, -0.15) is 10.5 Å². The van der Waals surface area contributed by atoms with Gasteiger partial charge in [0.1, 0.15) is 11.4 Å². The second-order valence-electron chi connectivity index (χ2n) is 11.0. The highest BCUT2D eigenvalue weighted by Gasteiger charge is 2.56. The van der Waals surface area contributed by atoms with Gasteiger partial charge in [0.25, 0.3) is 23.4 Å². The number of amides is 4. The van der Waals surface area contributed by atoms with Crippen LogP contribution in [0.4, 0.5) is 21.9 Å². The fraction of sp³-hybridized carbons (Fsp3) is 0.324. The normalized spacial score (nSPS) is 15.2. The van der Waals surface area contributed by atoms with Gasteiger partial charge in [0.05, 0.1) is 24.1 Å². The molecule has 1 aliphatic rings. The Kier molecular flexibility index (Phi) is 10.4. The zero-order valence-electron chi connectivity index (χ0n) is 26.7. The van der Waals surface area contributed by atoms with E-state index in [9.17, 15) is 19.2 Å². The second kappa shape index (κ2) is 14.8. The summed E-state index contributed by atoms with van der Waals surface area (Å²) in [4.78, 5) is 56.7. The van der Waals surface area contributed by atoms with E-state index < -0.39 is 29.5 Å². The van der Waals surface area contributed by atoms with Gasteiger partial charge in [0.2, 0.25) is 0 Å². The molecule has 13 nitrogen and oxygen atoms in total. The second-order valence-corrected chi connectivity index (χ2v) is 11.0. The molecule has 0 spiro atoms. The van der Waals surface area contributed by atoms with E-state index in [1.165, 1.54) is 34.2 Å². The Bertz CT molecular complexity index is 1720. The van der Waals surface area contributed by atoms with E-state index in [2.05, 4.69) is 28.1 Å². The number of likely N-dealkylation sites (N-methyl/N-ethyl adjacent to an activating group) is 1. The van der Waals surface area contributed by atoms with Crippen LogP contribution < -0.4 is 26.0 Å². The third-order valence-electron chi connectivity index (χ3n) is 7.89. The van der Waals surface area contributed by atoms with Crippen molar-refractivity contribution in [3.63, 3.8) is 0 Å². The van der Waals surface area contributed by atoms with Crippen LogP contribution >= 0.6 is 0 Å². The van der Waals surface area contributed by atoms with Gasteiger partial charge < -0.3 is 24.7 Å². The third kappa shape index (κ3) is 6.89. The summed E-state index contributed by atoms with van der Waals surface area (Å²) in [6.07, 6.45) is 6.94. The quantitative estimate of drug-likeness (QED) is 0.166. The molecule has 3 heterocycles. The number of nitrogens with zero attached hydrogens (tertiary/aromatic N) is 4. The molecule has 246 valence electrons. The van der Waals surface area contributed by atoms with E-state index in [1.54, 1.807) is 62.5 Å². The molecule has 4 aromatic rings. The molecule has 2 aromatic heterocycles. The average Bonchev–Trinajstić information content (AvgIpc) is 3.81. The first-order chi connectivity index (χ1) is 22.8. The van der Waals surface area contributed by atoms with Gasteiger partial charge in [-0.05, 0) is 43.7 Å². The highest BCUT2D eigenvalue weighted by molar-refractivity contribution is 6.11. The first kappa shape index (κ1) is 32.9. The molecular formula is C34H39N7O6. The Morgan fingerprint density at radius 2 is 1.68 bits per heavy atom. The highest BCUT2D eigenvalue weighted by atomic mass is 16.6. The molecule has 5 rings (SSSR count). The summed E-state index contributed by atoms with van der Waals surface area (Å²) in [7, 11) is 1.63. The van der Waals surface area contributed by atoms with E-state index in [0.29, 0.717) is 12.1 Å². The number of furan rings is 1. The maximum absolute atomic E-state index is 14.6. The molecule has 47 heavy (non-hydrogen) atoms. The van der Waals surface area contributed by atoms with Crippen LogP contribution in [-0.4, -0.2) is 46.7 Å². The van der Waals surface area contributed by atoms with Crippen molar-refractivity contribution in [2.45, 2.75) is 51.6 Å². The molecule has 0 aliphatic carbocycles. The number of anilines is 3. The lowest BCUT2D eigenvalue weighted by atomic mass is 10.0. The zero-order chi connectivity index (χ0) is 33.4. The number of carbonyl (C=O) groups excluding carboxylic acids is 4. The van der Waals surface area contributed by atoms with Crippen LogP contribution in [0, 0.1) is 0 Å². The molecule has 0 saturated carbocycles.